The number of likely N-dealkylation sites (tertiary alicyclic amines) is 1. The molecular formula is C25H34N2O4S3. The number of carbonyl (C=O) groups excluding carboxylic acids is 3. The fourth-order valence-electron chi connectivity index (χ4n) is 4.11. The molecule has 9 heteroatoms. The first-order valence-electron chi connectivity index (χ1n) is 10.6. The largest absolute Gasteiger partial charge is 0.368 e. The van der Waals surface area contributed by atoms with E-state index in [1.807, 2.05) is 36.4 Å². The quantitative estimate of drug-likeness (QED) is 0.602. The van der Waals surface area contributed by atoms with Gasteiger partial charge in [-0.3, -0.25) is 14.4 Å². The van der Waals surface area contributed by atoms with E-state index in [4.69, 9.17) is 4.74 Å². The van der Waals surface area contributed by atoms with Gasteiger partial charge in [-0.15, -0.1) is 0 Å². The van der Waals surface area contributed by atoms with Gasteiger partial charge in [0.05, 0.1) is 6.10 Å². The molecule has 2 aromatic rings. The van der Waals surface area contributed by atoms with Crippen molar-refractivity contribution in [2.24, 2.45) is 0 Å². The van der Waals surface area contributed by atoms with Crippen molar-refractivity contribution in [1.82, 2.24) is 10.2 Å². The molecule has 0 aromatic heterocycles. The van der Waals surface area contributed by atoms with E-state index < -0.39 is 12.1 Å². The first kappa shape index (κ1) is 30.1. The minimum atomic E-state index is -0.714. The Morgan fingerprint density at radius 2 is 1.71 bits per heavy atom. The molecule has 3 atom stereocenters. The van der Waals surface area contributed by atoms with E-state index in [2.05, 4.69) is 5.32 Å². The molecule has 2 aromatic carbocycles. The number of fused-ring (bicyclic) bond motifs is 1. The van der Waals surface area contributed by atoms with Crippen LogP contribution in [-0.2, 0) is 20.1 Å². The summed E-state index contributed by atoms with van der Waals surface area (Å²) in [6, 6.07) is 17.6. The SMILES string of the molecule is C.O=C(N[C@@H](CSCc1ccccc1)C(=O)N1CCC[C@@H]2OCC(=O)[C@@H]21)c1ccccc1.S.S. The molecule has 2 aliphatic heterocycles. The molecule has 2 amide bonds. The minimum Gasteiger partial charge on any atom is -0.368 e. The van der Waals surface area contributed by atoms with Crippen molar-refractivity contribution >= 4 is 56.4 Å². The van der Waals surface area contributed by atoms with Crippen molar-refractivity contribution in [3.63, 3.8) is 0 Å². The lowest BCUT2D eigenvalue weighted by Gasteiger charge is -2.37. The van der Waals surface area contributed by atoms with Gasteiger partial charge in [0.2, 0.25) is 5.91 Å². The first-order valence-corrected chi connectivity index (χ1v) is 11.7. The molecule has 2 aliphatic rings. The third-order valence-corrected chi connectivity index (χ3v) is 6.77. The van der Waals surface area contributed by atoms with Crippen LogP contribution in [0.15, 0.2) is 60.7 Å². The summed E-state index contributed by atoms with van der Waals surface area (Å²) in [6.07, 6.45) is 1.34. The molecule has 6 nitrogen and oxygen atoms in total. The minimum absolute atomic E-state index is 0. The average Bonchev–Trinajstić information content (AvgIpc) is 3.20. The molecule has 0 spiro atoms. The zero-order chi connectivity index (χ0) is 21.6. The Morgan fingerprint density at radius 1 is 1.06 bits per heavy atom. The predicted octanol–water partition coefficient (Wildman–Crippen LogP) is 3.54. The molecule has 2 saturated heterocycles. The number of nitrogens with zero attached hydrogens (tertiary/aromatic N) is 1. The smallest absolute Gasteiger partial charge is 0.251 e. The summed E-state index contributed by atoms with van der Waals surface area (Å²) in [7, 11) is 0. The Balaban J connectivity index is 0.00000193. The van der Waals surface area contributed by atoms with Crippen molar-refractivity contribution in [3.05, 3.63) is 71.8 Å². The van der Waals surface area contributed by atoms with Crippen LogP contribution in [0.1, 0.15) is 36.2 Å². The van der Waals surface area contributed by atoms with Gasteiger partial charge in [0.15, 0.2) is 5.78 Å². The topological polar surface area (TPSA) is 75.7 Å². The summed E-state index contributed by atoms with van der Waals surface area (Å²) in [5.74, 6) is 0.609. The van der Waals surface area contributed by atoms with Crippen LogP contribution in [0.4, 0.5) is 0 Å². The second kappa shape index (κ2) is 14.5. The van der Waals surface area contributed by atoms with Crippen molar-refractivity contribution in [3.8, 4) is 0 Å². The van der Waals surface area contributed by atoms with Gasteiger partial charge in [0.1, 0.15) is 18.7 Å². The number of ether oxygens (including phenoxy) is 1. The Labute approximate surface area is 220 Å². The second-order valence-electron chi connectivity index (χ2n) is 7.83. The van der Waals surface area contributed by atoms with Gasteiger partial charge in [0, 0.05) is 23.6 Å². The number of thioether (sulfide) groups is 1. The normalized spacial score (nSPS) is 19.5. The number of benzene rings is 2. The van der Waals surface area contributed by atoms with Crippen molar-refractivity contribution in [2.75, 3.05) is 18.9 Å². The van der Waals surface area contributed by atoms with Crippen LogP contribution in [0.3, 0.4) is 0 Å². The lowest BCUT2D eigenvalue weighted by molar-refractivity contribution is -0.141. The highest BCUT2D eigenvalue weighted by Crippen LogP contribution is 2.27. The molecule has 4 rings (SSSR count). The van der Waals surface area contributed by atoms with E-state index in [-0.39, 0.29) is 64.7 Å². The van der Waals surface area contributed by atoms with Gasteiger partial charge in [-0.2, -0.15) is 38.8 Å². The van der Waals surface area contributed by atoms with Crippen LogP contribution < -0.4 is 5.32 Å². The van der Waals surface area contributed by atoms with Gasteiger partial charge in [-0.1, -0.05) is 56.0 Å². The number of nitrogens with one attached hydrogen (secondary N) is 1. The number of rotatable bonds is 7. The standard InChI is InChI=1S/C24H26N2O4S.CH4.2H2S/c27-20-14-30-21-12-7-13-26(22(20)21)24(29)19(16-31-15-17-8-3-1-4-9-17)25-23(28)18-10-5-2-6-11-18;;;/h1-6,8-11,19,21-22H,7,12-16H2,(H,25,28);1H4;2*1H2/t19-,21-,22-;;;/m0.../s1. The van der Waals surface area contributed by atoms with Crippen LogP contribution in [0.5, 0.6) is 0 Å². The van der Waals surface area contributed by atoms with Crippen LogP contribution >= 0.6 is 38.8 Å². The molecule has 0 saturated carbocycles. The van der Waals surface area contributed by atoms with E-state index in [1.165, 1.54) is 0 Å². The van der Waals surface area contributed by atoms with Crippen LogP contribution in [0.2, 0.25) is 0 Å². The third-order valence-electron chi connectivity index (χ3n) is 5.66. The highest BCUT2D eigenvalue weighted by molar-refractivity contribution is 7.98. The van der Waals surface area contributed by atoms with Gasteiger partial charge in [0.25, 0.3) is 5.91 Å². The van der Waals surface area contributed by atoms with Crippen molar-refractivity contribution in [2.45, 2.75) is 44.2 Å². The van der Waals surface area contributed by atoms with E-state index in [1.54, 1.807) is 40.9 Å². The zero-order valence-electron chi connectivity index (χ0n) is 18.2. The third kappa shape index (κ3) is 7.28. The molecule has 0 aliphatic carbocycles. The number of amides is 2. The number of hydrogen-bond donors (Lipinski definition) is 1. The molecule has 2 heterocycles. The number of hydrogen-bond acceptors (Lipinski definition) is 5. The molecule has 186 valence electrons. The summed E-state index contributed by atoms with van der Waals surface area (Å²) in [5.41, 5.74) is 1.66. The Kier molecular flexibility index (Phi) is 12.8. The Morgan fingerprint density at radius 3 is 2.38 bits per heavy atom. The Bertz CT molecular complexity index is 930. The monoisotopic (exact) mass is 522 g/mol. The van der Waals surface area contributed by atoms with Crippen LogP contribution in [0, 0.1) is 0 Å². The highest BCUT2D eigenvalue weighted by Gasteiger charge is 2.45. The number of Topliss-reactive ketones (excluding diaryl/α,β-unsaturated/α-hetero) is 1. The lowest BCUT2D eigenvalue weighted by Crippen LogP contribution is -2.58. The maximum absolute atomic E-state index is 13.5. The summed E-state index contributed by atoms with van der Waals surface area (Å²) in [5, 5.41) is 2.91. The summed E-state index contributed by atoms with van der Waals surface area (Å²) < 4.78 is 5.58. The zero-order valence-corrected chi connectivity index (χ0v) is 21.1. The van der Waals surface area contributed by atoms with E-state index in [9.17, 15) is 14.4 Å². The molecular weight excluding hydrogens is 488 g/mol. The summed E-state index contributed by atoms with van der Waals surface area (Å²) >= 11 is 1.59. The van der Waals surface area contributed by atoms with Crippen molar-refractivity contribution in [1.29, 1.82) is 0 Å². The molecule has 0 radical (unpaired) electrons. The van der Waals surface area contributed by atoms with Crippen LogP contribution in [0.25, 0.3) is 0 Å². The maximum Gasteiger partial charge on any atom is 0.251 e. The Hall–Kier alpha value is -1.94. The number of carbonyl (C=O) groups is 3. The summed E-state index contributed by atoms with van der Waals surface area (Å²) in [4.78, 5) is 40.3. The second-order valence-corrected chi connectivity index (χ2v) is 8.86. The average molecular weight is 523 g/mol. The highest BCUT2D eigenvalue weighted by atomic mass is 32.2. The van der Waals surface area contributed by atoms with Gasteiger partial charge in [-0.05, 0) is 30.5 Å². The van der Waals surface area contributed by atoms with Gasteiger partial charge < -0.3 is 15.0 Å². The van der Waals surface area contributed by atoms with Crippen LogP contribution in [-0.4, -0.2) is 59.6 Å². The van der Waals surface area contributed by atoms with Crippen molar-refractivity contribution < 1.29 is 19.1 Å². The van der Waals surface area contributed by atoms with Gasteiger partial charge >= 0.3 is 0 Å². The van der Waals surface area contributed by atoms with E-state index >= 15 is 0 Å². The molecule has 34 heavy (non-hydrogen) atoms. The maximum atomic E-state index is 13.5. The predicted molar refractivity (Wildman–Crippen MR) is 147 cm³/mol. The fourth-order valence-corrected chi connectivity index (χ4v) is 5.12. The lowest BCUT2D eigenvalue weighted by atomic mass is 9.97. The molecule has 0 bridgehead atoms. The van der Waals surface area contributed by atoms with E-state index in [0.29, 0.717) is 17.9 Å². The number of ketones is 1. The first-order chi connectivity index (χ1) is 15.1. The molecule has 1 N–H and O–H groups in total. The van der Waals surface area contributed by atoms with Gasteiger partial charge in [-0.25, -0.2) is 0 Å². The number of piperidine rings is 1. The molecule has 2 fully saturated rings. The van der Waals surface area contributed by atoms with E-state index in [0.717, 1.165) is 24.2 Å². The summed E-state index contributed by atoms with van der Waals surface area (Å²) in [6.45, 7) is 0.569. The molecule has 0 unspecified atom stereocenters. The fraction of sp³-hybridized carbons (Fsp3) is 0.400.